The van der Waals surface area contributed by atoms with E-state index in [-0.39, 0.29) is 0 Å². The molecule has 2 aliphatic heterocycles. The van der Waals surface area contributed by atoms with Gasteiger partial charge in [-0.25, -0.2) is 0 Å². The zero-order valence-corrected chi connectivity index (χ0v) is 22.3. The zero-order chi connectivity index (χ0) is 26.4. The molecule has 7 nitrogen and oxygen atoms in total. The lowest BCUT2D eigenvalue weighted by molar-refractivity contribution is -0.127. The Morgan fingerprint density at radius 2 is 1.76 bits per heavy atom. The number of hydrogen-bond donors (Lipinski definition) is 1. The largest absolute Gasteiger partial charge is 0.500 e. The third-order valence-corrected chi connectivity index (χ3v) is 7.11. The van der Waals surface area contributed by atoms with E-state index in [0.29, 0.717) is 54.5 Å². The van der Waals surface area contributed by atoms with Crippen molar-refractivity contribution in [2.45, 2.75) is 20.3 Å². The predicted octanol–water partition coefficient (Wildman–Crippen LogP) is 3.49. The SMILES string of the molecule is C=C(c1ccccc1)N1CCN(C(=O)C(=O)c2c[nH]c3c2=C(OC)CC=NC=3c2ccsc2)CC1.CC. The molecule has 1 amide bonds. The third-order valence-electron chi connectivity index (χ3n) is 6.43. The van der Waals surface area contributed by atoms with Crippen LogP contribution in [0.5, 0.6) is 0 Å². The van der Waals surface area contributed by atoms with Crippen LogP contribution < -0.4 is 10.6 Å². The number of aromatic nitrogens is 1. The molecular formula is C29H32N4O3S. The van der Waals surface area contributed by atoms with Crippen molar-refractivity contribution in [3.8, 4) is 0 Å². The van der Waals surface area contributed by atoms with Gasteiger partial charge < -0.3 is 19.5 Å². The molecule has 0 spiro atoms. The van der Waals surface area contributed by atoms with Crippen LogP contribution in [0.25, 0.3) is 17.2 Å². The van der Waals surface area contributed by atoms with Gasteiger partial charge in [0.2, 0.25) is 0 Å². The van der Waals surface area contributed by atoms with Gasteiger partial charge in [0.05, 0.1) is 28.9 Å². The Balaban J connectivity index is 0.00000156. The van der Waals surface area contributed by atoms with E-state index in [0.717, 1.165) is 22.5 Å². The molecule has 37 heavy (non-hydrogen) atoms. The number of methoxy groups -OCH3 is 1. The summed E-state index contributed by atoms with van der Waals surface area (Å²) in [4.78, 5) is 38.3. The summed E-state index contributed by atoms with van der Waals surface area (Å²) in [6.45, 7) is 10.4. The predicted molar refractivity (Wildman–Crippen MR) is 150 cm³/mol. The quantitative estimate of drug-likeness (QED) is 0.402. The molecule has 0 radical (unpaired) electrons. The maximum absolute atomic E-state index is 13.4. The summed E-state index contributed by atoms with van der Waals surface area (Å²) in [5.41, 5.74) is 3.98. The molecule has 192 valence electrons. The number of nitrogens with one attached hydrogen (secondary N) is 1. The Hall–Kier alpha value is -3.91. The van der Waals surface area contributed by atoms with Crippen LogP contribution in [-0.2, 0) is 9.53 Å². The van der Waals surface area contributed by atoms with Gasteiger partial charge in [-0.05, 0) is 17.0 Å². The van der Waals surface area contributed by atoms with Crippen molar-refractivity contribution in [1.82, 2.24) is 14.8 Å². The lowest BCUT2D eigenvalue weighted by Crippen LogP contribution is -2.50. The van der Waals surface area contributed by atoms with Crippen molar-refractivity contribution in [3.63, 3.8) is 0 Å². The number of rotatable bonds is 6. The smallest absolute Gasteiger partial charge is 0.295 e. The Kier molecular flexibility index (Phi) is 8.40. The van der Waals surface area contributed by atoms with E-state index < -0.39 is 11.7 Å². The van der Waals surface area contributed by atoms with Crippen LogP contribution in [0.4, 0.5) is 0 Å². The minimum atomic E-state index is -0.543. The number of hydrogen-bond acceptors (Lipinski definition) is 6. The summed E-state index contributed by atoms with van der Waals surface area (Å²) in [7, 11) is 1.57. The maximum atomic E-state index is 13.4. The molecule has 0 unspecified atom stereocenters. The maximum Gasteiger partial charge on any atom is 0.295 e. The summed E-state index contributed by atoms with van der Waals surface area (Å²) in [5, 5.41) is 5.29. The average molecular weight is 517 g/mol. The Morgan fingerprint density at radius 1 is 1.05 bits per heavy atom. The molecule has 0 bridgehead atoms. The fourth-order valence-corrected chi connectivity index (χ4v) is 5.16. The number of H-pyrrole nitrogens is 1. The number of ether oxygens (including phenoxy) is 1. The van der Waals surface area contributed by atoms with Crippen molar-refractivity contribution < 1.29 is 14.3 Å². The molecule has 2 aromatic heterocycles. The summed E-state index contributed by atoms with van der Waals surface area (Å²) in [5.74, 6) is -0.441. The van der Waals surface area contributed by atoms with Crippen LogP contribution in [0, 0.1) is 0 Å². The van der Waals surface area contributed by atoms with Crippen LogP contribution in [0.15, 0.2) is 64.9 Å². The Morgan fingerprint density at radius 3 is 2.41 bits per heavy atom. The summed E-state index contributed by atoms with van der Waals surface area (Å²) < 4.78 is 5.62. The Labute approximate surface area is 221 Å². The highest BCUT2D eigenvalue weighted by atomic mass is 32.1. The minimum Gasteiger partial charge on any atom is -0.500 e. The number of piperazine rings is 1. The number of thiophene rings is 1. The molecule has 0 aliphatic carbocycles. The molecule has 4 heterocycles. The highest BCUT2D eigenvalue weighted by Crippen LogP contribution is 2.20. The van der Waals surface area contributed by atoms with Gasteiger partial charge in [0.1, 0.15) is 5.76 Å². The van der Waals surface area contributed by atoms with Crippen molar-refractivity contribution in [2.24, 2.45) is 4.99 Å². The molecule has 0 saturated carbocycles. The highest BCUT2D eigenvalue weighted by Gasteiger charge is 2.29. The summed E-state index contributed by atoms with van der Waals surface area (Å²) >= 11 is 1.57. The molecule has 5 rings (SSSR count). The van der Waals surface area contributed by atoms with E-state index >= 15 is 0 Å². The minimum absolute atomic E-state index is 0.316. The molecule has 1 N–H and O–H groups in total. The summed E-state index contributed by atoms with van der Waals surface area (Å²) in [6, 6.07) is 12.0. The average Bonchev–Trinajstić information content (AvgIpc) is 3.62. The zero-order valence-electron chi connectivity index (χ0n) is 21.5. The number of aromatic amines is 1. The van der Waals surface area contributed by atoms with Crippen molar-refractivity contribution in [3.05, 3.63) is 87.2 Å². The van der Waals surface area contributed by atoms with Gasteiger partial charge in [-0.3, -0.25) is 14.6 Å². The van der Waals surface area contributed by atoms with Gasteiger partial charge in [0.15, 0.2) is 0 Å². The van der Waals surface area contributed by atoms with Crippen LogP contribution in [0.3, 0.4) is 0 Å². The Bertz CT molecular complexity index is 1410. The van der Waals surface area contributed by atoms with E-state index in [4.69, 9.17) is 4.74 Å². The van der Waals surface area contributed by atoms with Crippen molar-refractivity contribution in [1.29, 1.82) is 0 Å². The van der Waals surface area contributed by atoms with E-state index in [2.05, 4.69) is 21.5 Å². The lowest BCUT2D eigenvalue weighted by Gasteiger charge is -2.36. The van der Waals surface area contributed by atoms with Gasteiger partial charge in [0, 0.05) is 61.7 Å². The van der Waals surface area contributed by atoms with Crippen LogP contribution in [-0.4, -0.2) is 66.0 Å². The molecule has 2 aliphatic rings. The fraction of sp³-hybridized carbons (Fsp3) is 0.276. The van der Waals surface area contributed by atoms with Crippen LogP contribution in [0.1, 0.15) is 41.8 Å². The normalized spacial score (nSPS) is 14.9. The molecule has 3 aromatic rings. The number of ketones is 1. The second-order valence-electron chi connectivity index (χ2n) is 8.38. The number of nitrogens with zero attached hydrogens (tertiary/aromatic N) is 3. The first-order valence-corrected chi connectivity index (χ1v) is 13.4. The van der Waals surface area contributed by atoms with Crippen molar-refractivity contribution >= 4 is 46.4 Å². The lowest BCUT2D eigenvalue weighted by atomic mass is 10.1. The second-order valence-corrected chi connectivity index (χ2v) is 9.16. The van der Waals surface area contributed by atoms with Crippen LogP contribution in [0.2, 0.25) is 0 Å². The number of carbonyl (C=O) groups is 2. The van der Waals surface area contributed by atoms with E-state index in [1.165, 1.54) is 0 Å². The van der Waals surface area contributed by atoms with E-state index in [9.17, 15) is 9.59 Å². The molecule has 8 heteroatoms. The molecule has 1 aromatic carbocycles. The van der Waals surface area contributed by atoms with E-state index in [1.807, 2.05) is 61.0 Å². The van der Waals surface area contributed by atoms with Gasteiger partial charge in [-0.1, -0.05) is 50.8 Å². The number of Topliss-reactive ketones (excluding diaryl/α,β-unsaturated/α-hetero) is 1. The van der Waals surface area contributed by atoms with Gasteiger partial charge in [-0.2, -0.15) is 11.3 Å². The number of fused-ring (bicyclic) bond motifs is 1. The van der Waals surface area contributed by atoms with Crippen molar-refractivity contribution in [2.75, 3.05) is 33.3 Å². The monoisotopic (exact) mass is 516 g/mol. The topological polar surface area (TPSA) is 78.0 Å². The number of benzene rings is 1. The molecule has 1 fully saturated rings. The first-order valence-electron chi connectivity index (χ1n) is 12.5. The first kappa shape index (κ1) is 26.2. The second kappa shape index (κ2) is 11.9. The number of carbonyl (C=O) groups excluding carboxylic acids is 2. The standard InChI is InChI=1S/C27H26N4O3S.C2H6/c1-18(19-6-4-3-5-7-19)30-11-13-31(14-12-30)27(33)26(32)21-16-29-25-23(21)22(34-2)8-10-28-24(25)20-9-15-35-17-20;1-2/h3-7,9-10,15-17,29H,1,8,11-14H2,2H3;1-2H3. The highest BCUT2D eigenvalue weighted by molar-refractivity contribution is 7.08. The van der Waals surface area contributed by atoms with E-state index in [1.54, 1.807) is 35.8 Å². The van der Waals surface area contributed by atoms with Gasteiger partial charge in [-0.15, -0.1) is 0 Å². The number of amides is 1. The van der Waals surface area contributed by atoms with Crippen LogP contribution >= 0.6 is 11.3 Å². The summed E-state index contributed by atoms with van der Waals surface area (Å²) in [6.07, 6.45) is 3.81. The number of aliphatic imine (C=N–C) groups is 1. The molecule has 0 atom stereocenters. The third kappa shape index (κ3) is 5.29. The fourth-order valence-electron chi connectivity index (χ4n) is 4.52. The molecular weight excluding hydrogens is 484 g/mol. The molecule has 1 saturated heterocycles. The first-order chi connectivity index (χ1) is 18.1. The van der Waals surface area contributed by atoms with Gasteiger partial charge in [0.25, 0.3) is 11.7 Å². The van der Waals surface area contributed by atoms with Gasteiger partial charge >= 0.3 is 0 Å².